The van der Waals surface area contributed by atoms with Gasteiger partial charge >= 0.3 is 0 Å². The molecule has 7 heterocycles. The monoisotopic (exact) mass is 1730 g/mol. The second-order valence-electron chi connectivity index (χ2n) is 35.7. The Kier molecular flexibility index (Phi) is 16.3. The Balaban J connectivity index is 0.669. The molecule has 0 fully saturated rings. The Hall–Kier alpha value is -19.0. The number of hydrogen-bond donors (Lipinski definition) is 0. The minimum absolute atomic E-state index is 0.389. The first-order chi connectivity index (χ1) is 67.4. The molecule has 27 aromatic rings. The standard InChI is InChI=1S/C125H71N11/c126-71-77-65-120(132-108-48-20-7-34-86(108)87-35-8-21-49-109(87)132)103(67-97(77)98-68-124(136-114-54-26-13-40-92(114)93-41-14-27-55-115(93)136)123(66-78(98)72-127)135-112-52-24-11-38-90(112)91-39-12-25-53-113(91)135)125-95-43-2-1-29-81(95)99-61-75(57-59-96(99)125)76-58-60-117-100(62-76)94-42-15-28-56-116(94)134(117)122-70-119(131-106-46-18-5-32-84(106)85-33-6-19-47-107(85)131)80(74-129)64-102(122)101-63-79(73-128)118(130-104-44-16-3-30-82(104)83-31-4-17-45-105(83)130)69-121(101)133-110-50-22-9-36-88(110)89-37-10-23-51-111(89)133/h1-70,125H. The maximum Gasteiger partial charge on any atom is 0.101 e. The van der Waals surface area contributed by atoms with Crippen molar-refractivity contribution in [1.29, 1.82) is 21.0 Å². The molecule has 0 bridgehead atoms. The summed E-state index contributed by atoms with van der Waals surface area (Å²) in [5.74, 6) is -0.389. The van der Waals surface area contributed by atoms with E-state index in [4.69, 9.17) is 0 Å². The highest BCUT2D eigenvalue weighted by atomic mass is 15.1. The van der Waals surface area contributed by atoms with E-state index in [1.165, 1.54) is 0 Å². The fraction of sp³-hybridized carbons (Fsp3) is 0.00800. The van der Waals surface area contributed by atoms with E-state index in [0.29, 0.717) is 39.1 Å². The number of nitriles is 4. The maximum absolute atomic E-state index is 12.2. The predicted octanol–water partition coefficient (Wildman–Crippen LogP) is 31.0. The molecule has 0 aliphatic heterocycles. The van der Waals surface area contributed by atoms with Crippen molar-refractivity contribution in [1.82, 2.24) is 32.0 Å². The Morgan fingerprint density at radius 3 is 0.743 bits per heavy atom. The Labute approximate surface area is 778 Å². The van der Waals surface area contributed by atoms with Gasteiger partial charge in [0.2, 0.25) is 0 Å². The predicted molar refractivity (Wildman–Crippen MR) is 555 cm³/mol. The topological polar surface area (TPSA) is 130 Å². The van der Waals surface area contributed by atoms with Gasteiger partial charge in [-0.25, -0.2) is 0 Å². The summed E-state index contributed by atoms with van der Waals surface area (Å²) in [5, 5.41) is 63.6. The molecule has 7 aromatic heterocycles. The average molecular weight is 1730 g/mol. The van der Waals surface area contributed by atoms with Crippen molar-refractivity contribution in [2.24, 2.45) is 0 Å². The van der Waals surface area contributed by atoms with E-state index in [1.54, 1.807) is 0 Å². The highest BCUT2D eigenvalue weighted by molar-refractivity contribution is 6.18. The lowest BCUT2D eigenvalue weighted by atomic mass is 9.83. The SMILES string of the molecule is N#Cc1cc(-n2c3ccccc3c3ccccc32)c(C2c3ccccc3-c3cc(-c4ccc5c(c4)c4ccccc4n5-c4cc(-n5c6ccccc6c6ccccc65)c(C#N)cc4-c4cc(C#N)c(-n5c6ccccc6c6ccccc65)cc4-n4c5ccccc5c5ccccc54)ccc32)cc1-c1cc(-n2c3ccccc3c3ccccc32)c(-n2c3ccccc3c3ccccc32)cc1C#N. The number of para-hydroxylation sites is 13. The van der Waals surface area contributed by atoms with Crippen LogP contribution in [0.25, 0.3) is 237 Å². The molecule has 0 N–H and O–H groups in total. The van der Waals surface area contributed by atoms with E-state index in [0.717, 1.165) is 237 Å². The first kappa shape index (κ1) is 75.9. The summed E-state index contributed by atoms with van der Waals surface area (Å²) in [4.78, 5) is 0. The molecular formula is C125H71N11. The molecule has 1 atom stereocenters. The zero-order valence-electron chi connectivity index (χ0n) is 72.9. The normalized spacial score (nSPS) is 12.6. The van der Waals surface area contributed by atoms with Crippen molar-refractivity contribution in [2.45, 2.75) is 5.92 Å². The van der Waals surface area contributed by atoms with Gasteiger partial charge in [0.1, 0.15) is 12.1 Å². The van der Waals surface area contributed by atoms with Gasteiger partial charge in [0.15, 0.2) is 0 Å². The molecule has 0 amide bonds. The first-order valence-corrected chi connectivity index (χ1v) is 45.9. The van der Waals surface area contributed by atoms with Crippen molar-refractivity contribution < 1.29 is 0 Å². The van der Waals surface area contributed by atoms with Crippen LogP contribution in [0.2, 0.25) is 0 Å². The van der Waals surface area contributed by atoms with E-state index in [-0.39, 0.29) is 5.92 Å². The van der Waals surface area contributed by atoms with Crippen molar-refractivity contribution in [3.8, 4) is 109 Å². The maximum atomic E-state index is 12.2. The van der Waals surface area contributed by atoms with Crippen molar-refractivity contribution >= 4 is 153 Å². The van der Waals surface area contributed by atoms with Crippen LogP contribution in [0.5, 0.6) is 0 Å². The minimum Gasteiger partial charge on any atom is -0.309 e. The van der Waals surface area contributed by atoms with Crippen LogP contribution in [-0.4, -0.2) is 32.0 Å². The zero-order chi connectivity index (χ0) is 89.8. The minimum atomic E-state index is -0.389. The highest BCUT2D eigenvalue weighted by Gasteiger charge is 2.36. The van der Waals surface area contributed by atoms with Crippen LogP contribution in [0, 0.1) is 45.3 Å². The van der Waals surface area contributed by atoms with Crippen LogP contribution in [0.1, 0.15) is 44.9 Å². The van der Waals surface area contributed by atoms with E-state index >= 15 is 0 Å². The van der Waals surface area contributed by atoms with Crippen LogP contribution in [-0.2, 0) is 0 Å². The highest BCUT2D eigenvalue weighted by Crippen LogP contribution is 2.55. The third kappa shape index (κ3) is 10.7. The number of hydrogen-bond acceptors (Lipinski definition) is 4. The van der Waals surface area contributed by atoms with Crippen molar-refractivity contribution in [3.63, 3.8) is 0 Å². The number of rotatable bonds is 11. The number of aromatic nitrogens is 7. The molecule has 0 saturated carbocycles. The molecule has 1 unspecified atom stereocenters. The molecule has 0 saturated heterocycles. The van der Waals surface area contributed by atoms with Crippen LogP contribution < -0.4 is 0 Å². The Bertz CT molecular complexity index is 9860. The van der Waals surface area contributed by atoms with Gasteiger partial charge in [-0.05, 0) is 185 Å². The average Bonchev–Trinajstić information content (AvgIpc) is 1.56. The van der Waals surface area contributed by atoms with Gasteiger partial charge in [0, 0.05) is 104 Å². The van der Waals surface area contributed by atoms with Gasteiger partial charge < -0.3 is 32.0 Å². The molecule has 0 spiro atoms. The molecule has 0 radical (unpaired) electrons. The lowest BCUT2D eigenvalue weighted by Gasteiger charge is -2.24. The van der Waals surface area contributed by atoms with Gasteiger partial charge in [-0.2, -0.15) is 21.0 Å². The van der Waals surface area contributed by atoms with Crippen LogP contribution >= 0.6 is 0 Å². The lowest BCUT2D eigenvalue weighted by Crippen LogP contribution is -2.09. The molecule has 11 heteroatoms. The summed E-state index contributed by atoms with van der Waals surface area (Å²) >= 11 is 0. The molecule has 136 heavy (non-hydrogen) atoms. The summed E-state index contributed by atoms with van der Waals surface area (Å²) in [6.45, 7) is 0. The Morgan fingerprint density at radius 2 is 0.397 bits per heavy atom. The summed E-state index contributed by atoms with van der Waals surface area (Å²) < 4.78 is 16.3. The van der Waals surface area contributed by atoms with Gasteiger partial charge in [-0.1, -0.05) is 279 Å². The fourth-order valence-corrected chi connectivity index (χ4v) is 23.3. The smallest absolute Gasteiger partial charge is 0.101 e. The molecule has 28 rings (SSSR count). The number of nitrogens with zero attached hydrogens (tertiary/aromatic N) is 11. The third-order valence-corrected chi connectivity index (χ3v) is 29.0. The van der Waals surface area contributed by atoms with E-state index in [9.17, 15) is 21.0 Å². The van der Waals surface area contributed by atoms with Crippen molar-refractivity contribution in [3.05, 3.63) is 464 Å². The van der Waals surface area contributed by atoms with Gasteiger partial charge in [-0.3, -0.25) is 0 Å². The molecule has 20 aromatic carbocycles. The third-order valence-electron chi connectivity index (χ3n) is 29.0. The lowest BCUT2D eigenvalue weighted by molar-refractivity contribution is 0.982. The number of benzene rings is 20. The van der Waals surface area contributed by atoms with E-state index in [2.05, 4.69) is 481 Å². The first-order valence-electron chi connectivity index (χ1n) is 45.9. The van der Waals surface area contributed by atoms with E-state index < -0.39 is 0 Å². The van der Waals surface area contributed by atoms with Crippen LogP contribution in [0.15, 0.2) is 425 Å². The van der Waals surface area contributed by atoms with E-state index in [1.807, 2.05) is 0 Å². The summed E-state index contributed by atoms with van der Waals surface area (Å²) in [6.07, 6.45) is 0. The fourth-order valence-electron chi connectivity index (χ4n) is 23.3. The molecule has 11 nitrogen and oxygen atoms in total. The molecular weight excluding hydrogens is 1660 g/mol. The van der Waals surface area contributed by atoms with Crippen LogP contribution in [0.3, 0.4) is 0 Å². The second-order valence-corrected chi connectivity index (χ2v) is 35.7. The van der Waals surface area contributed by atoms with Crippen LogP contribution in [0.4, 0.5) is 0 Å². The number of fused-ring (bicyclic) bond motifs is 24. The molecule has 626 valence electrons. The summed E-state index contributed by atoms with van der Waals surface area (Å²) in [5.41, 5.74) is 31.3. The molecule has 1 aliphatic carbocycles. The van der Waals surface area contributed by atoms with Gasteiger partial charge in [-0.15, -0.1) is 0 Å². The summed E-state index contributed by atoms with van der Waals surface area (Å²) in [6, 6.07) is 162. The van der Waals surface area contributed by atoms with Gasteiger partial charge in [0.25, 0.3) is 0 Å². The summed E-state index contributed by atoms with van der Waals surface area (Å²) in [7, 11) is 0. The van der Waals surface area contributed by atoms with Crippen molar-refractivity contribution in [2.75, 3.05) is 0 Å². The zero-order valence-corrected chi connectivity index (χ0v) is 72.9. The molecule has 1 aliphatic rings. The van der Waals surface area contributed by atoms with Gasteiger partial charge in [0.05, 0.1) is 151 Å². The Morgan fingerprint density at radius 1 is 0.147 bits per heavy atom. The largest absolute Gasteiger partial charge is 0.309 e. The quantitative estimate of drug-likeness (QED) is 0.128. The second kappa shape index (κ2) is 29.2.